The number of hydrogen-bond donors (Lipinski definition) is 2. The minimum atomic E-state index is -0.325. The average Bonchev–Trinajstić information content (AvgIpc) is 2.77. The molecular weight excluding hydrogens is 316 g/mol. The molecule has 0 aliphatic heterocycles. The van der Waals surface area contributed by atoms with Crippen LogP contribution in [0.5, 0.6) is 5.75 Å². The van der Waals surface area contributed by atoms with Crippen LogP contribution in [0.15, 0.2) is 9.85 Å². The van der Waals surface area contributed by atoms with Gasteiger partial charge >= 0.3 is 0 Å². The maximum Gasteiger partial charge on any atom is 0.261 e. The van der Waals surface area contributed by atoms with Gasteiger partial charge in [-0.2, -0.15) is 0 Å². The van der Waals surface area contributed by atoms with Crippen LogP contribution in [0, 0.1) is 0 Å². The summed E-state index contributed by atoms with van der Waals surface area (Å²) in [4.78, 5) is 12.6. The topological polar surface area (TPSA) is 64.3 Å². The van der Waals surface area contributed by atoms with Crippen LogP contribution in [0.25, 0.3) is 0 Å². The summed E-state index contributed by atoms with van der Waals surface area (Å²) in [6, 6.07) is 1.72. The van der Waals surface area contributed by atoms with E-state index < -0.39 is 0 Å². The number of rotatable bonds is 6. The lowest BCUT2D eigenvalue weighted by Crippen LogP contribution is -2.49. The van der Waals surface area contributed by atoms with Gasteiger partial charge in [-0.15, -0.1) is 11.3 Å². The Morgan fingerprint density at radius 3 is 2.61 bits per heavy atom. The summed E-state index contributed by atoms with van der Waals surface area (Å²) >= 11 is 4.70. The van der Waals surface area contributed by atoms with Crippen LogP contribution in [0.2, 0.25) is 0 Å². The Labute approximate surface area is 120 Å². The molecule has 0 unspecified atom stereocenters. The Bertz CT molecular complexity index is 416. The first-order valence-electron chi connectivity index (χ1n) is 5.86. The highest BCUT2D eigenvalue weighted by Gasteiger charge is 2.22. The van der Waals surface area contributed by atoms with Gasteiger partial charge in [-0.1, -0.05) is 13.8 Å². The molecule has 0 spiro atoms. The van der Waals surface area contributed by atoms with E-state index in [-0.39, 0.29) is 11.4 Å². The molecule has 0 saturated carbocycles. The van der Waals surface area contributed by atoms with E-state index in [0.29, 0.717) is 17.2 Å². The Morgan fingerprint density at radius 2 is 2.17 bits per heavy atom. The fourth-order valence-corrected chi connectivity index (χ4v) is 3.01. The molecule has 3 N–H and O–H groups in total. The summed E-state index contributed by atoms with van der Waals surface area (Å²) < 4.78 is 5.94. The van der Waals surface area contributed by atoms with E-state index in [1.807, 2.05) is 13.8 Å². The summed E-state index contributed by atoms with van der Waals surface area (Å²) in [5.41, 5.74) is 5.81. The molecule has 1 heterocycles. The molecule has 0 atom stereocenters. The molecule has 1 aromatic rings. The highest BCUT2D eigenvalue weighted by atomic mass is 79.9. The zero-order chi connectivity index (χ0) is 13.8. The number of amides is 1. The molecule has 6 heteroatoms. The number of carbonyl (C=O) groups excluding carboxylic acids is 1. The maximum atomic E-state index is 12.0. The van der Waals surface area contributed by atoms with Crippen molar-refractivity contribution in [2.75, 3.05) is 13.7 Å². The number of nitrogens with two attached hydrogens (primary N) is 1. The zero-order valence-electron chi connectivity index (χ0n) is 10.9. The lowest BCUT2D eigenvalue weighted by Gasteiger charge is -2.26. The molecule has 102 valence electrons. The molecule has 18 heavy (non-hydrogen) atoms. The SMILES string of the molecule is CCC(N)(CC)CNC(=O)c1cc(OC)c(Br)s1. The van der Waals surface area contributed by atoms with Gasteiger partial charge in [-0.25, -0.2) is 0 Å². The van der Waals surface area contributed by atoms with Gasteiger partial charge in [-0.05, 0) is 28.8 Å². The molecule has 0 aliphatic carbocycles. The van der Waals surface area contributed by atoms with Crippen LogP contribution in [0.3, 0.4) is 0 Å². The summed E-state index contributed by atoms with van der Waals surface area (Å²) in [6.07, 6.45) is 1.67. The van der Waals surface area contributed by atoms with E-state index in [2.05, 4.69) is 21.2 Å². The van der Waals surface area contributed by atoms with Crippen molar-refractivity contribution in [3.05, 3.63) is 14.7 Å². The number of carbonyl (C=O) groups is 1. The van der Waals surface area contributed by atoms with Crippen molar-refractivity contribution in [2.45, 2.75) is 32.2 Å². The van der Waals surface area contributed by atoms with Gasteiger partial charge in [0.2, 0.25) is 0 Å². The first-order chi connectivity index (χ1) is 8.45. The number of methoxy groups -OCH3 is 1. The monoisotopic (exact) mass is 334 g/mol. The molecule has 0 saturated heterocycles. The predicted molar refractivity (Wildman–Crippen MR) is 78.4 cm³/mol. The highest BCUT2D eigenvalue weighted by molar-refractivity contribution is 9.11. The number of ether oxygens (including phenoxy) is 1. The molecule has 0 aromatic carbocycles. The third-order valence-corrected chi connectivity index (χ3v) is 4.89. The Hall–Kier alpha value is -0.590. The molecule has 4 nitrogen and oxygen atoms in total. The number of thiophene rings is 1. The Morgan fingerprint density at radius 1 is 1.56 bits per heavy atom. The van der Waals surface area contributed by atoms with Gasteiger partial charge in [0.25, 0.3) is 5.91 Å². The quantitative estimate of drug-likeness (QED) is 0.840. The van der Waals surface area contributed by atoms with Gasteiger partial charge in [0.05, 0.1) is 12.0 Å². The molecule has 0 aliphatic rings. The minimum Gasteiger partial charge on any atom is -0.495 e. The highest BCUT2D eigenvalue weighted by Crippen LogP contribution is 2.34. The summed E-state index contributed by atoms with van der Waals surface area (Å²) in [7, 11) is 1.58. The molecule has 0 fully saturated rings. The van der Waals surface area contributed by atoms with Crippen molar-refractivity contribution in [3.8, 4) is 5.75 Å². The van der Waals surface area contributed by atoms with Crippen molar-refractivity contribution >= 4 is 33.2 Å². The van der Waals surface area contributed by atoms with Crippen molar-refractivity contribution in [3.63, 3.8) is 0 Å². The predicted octanol–water partition coefficient (Wildman–Crippen LogP) is 2.77. The van der Waals surface area contributed by atoms with Crippen LogP contribution in [-0.2, 0) is 0 Å². The van der Waals surface area contributed by atoms with Gasteiger partial charge in [0.15, 0.2) is 0 Å². The standard InChI is InChI=1S/C12H19BrN2O2S/c1-4-12(14,5-2)7-15-11(16)9-6-8(17-3)10(13)18-9/h6H,4-5,7,14H2,1-3H3,(H,15,16). The van der Waals surface area contributed by atoms with E-state index >= 15 is 0 Å². The molecular formula is C12H19BrN2O2S. The largest absolute Gasteiger partial charge is 0.495 e. The van der Waals surface area contributed by atoms with Gasteiger partial charge in [0.1, 0.15) is 9.54 Å². The van der Waals surface area contributed by atoms with Gasteiger partial charge < -0.3 is 15.8 Å². The third kappa shape index (κ3) is 3.70. The van der Waals surface area contributed by atoms with Crippen LogP contribution >= 0.6 is 27.3 Å². The van der Waals surface area contributed by atoms with Crippen molar-refractivity contribution in [1.29, 1.82) is 0 Å². The van der Waals surface area contributed by atoms with Crippen molar-refractivity contribution < 1.29 is 9.53 Å². The van der Waals surface area contributed by atoms with E-state index in [1.165, 1.54) is 11.3 Å². The lowest BCUT2D eigenvalue weighted by atomic mass is 9.94. The second-order valence-electron chi connectivity index (χ2n) is 4.20. The Kier molecular flexibility index (Phi) is 5.62. The smallest absolute Gasteiger partial charge is 0.261 e. The minimum absolute atomic E-state index is 0.110. The molecule has 1 aromatic heterocycles. The number of hydrogen-bond acceptors (Lipinski definition) is 4. The zero-order valence-corrected chi connectivity index (χ0v) is 13.3. The molecule has 1 rings (SSSR count). The van der Waals surface area contributed by atoms with Crippen LogP contribution in [0.4, 0.5) is 0 Å². The maximum absolute atomic E-state index is 12.0. The average molecular weight is 335 g/mol. The summed E-state index contributed by atoms with van der Waals surface area (Å²) in [5, 5.41) is 2.88. The lowest BCUT2D eigenvalue weighted by molar-refractivity contribution is 0.0946. The first-order valence-corrected chi connectivity index (χ1v) is 7.47. The normalized spacial score (nSPS) is 11.4. The fourth-order valence-electron chi connectivity index (χ4n) is 1.45. The van der Waals surface area contributed by atoms with E-state index in [0.717, 1.165) is 16.6 Å². The third-order valence-electron chi connectivity index (χ3n) is 3.11. The van der Waals surface area contributed by atoms with Gasteiger partial charge in [0, 0.05) is 18.2 Å². The number of nitrogens with one attached hydrogen (secondary N) is 1. The summed E-state index contributed by atoms with van der Waals surface area (Å²) in [6.45, 7) is 4.54. The Balaban J connectivity index is 2.65. The fraction of sp³-hybridized carbons (Fsp3) is 0.583. The number of halogens is 1. The van der Waals surface area contributed by atoms with E-state index in [1.54, 1.807) is 13.2 Å². The van der Waals surface area contributed by atoms with Crippen LogP contribution in [-0.4, -0.2) is 25.1 Å². The van der Waals surface area contributed by atoms with E-state index in [9.17, 15) is 4.79 Å². The van der Waals surface area contributed by atoms with Crippen LogP contribution in [0.1, 0.15) is 36.4 Å². The molecule has 0 bridgehead atoms. The van der Waals surface area contributed by atoms with Gasteiger partial charge in [-0.3, -0.25) is 4.79 Å². The summed E-state index contributed by atoms with van der Waals surface area (Å²) in [5.74, 6) is 0.566. The van der Waals surface area contributed by atoms with Crippen molar-refractivity contribution in [2.24, 2.45) is 5.73 Å². The molecule has 0 radical (unpaired) electrons. The molecule has 1 amide bonds. The second-order valence-corrected chi connectivity index (χ2v) is 6.57. The van der Waals surface area contributed by atoms with Crippen molar-refractivity contribution in [1.82, 2.24) is 5.32 Å². The first kappa shape index (κ1) is 15.5. The second kappa shape index (κ2) is 6.54. The van der Waals surface area contributed by atoms with Crippen LogP contribution < -0.4 is 15.8 Å². The van der Waals surface area contributed by atoms with E-state index in [4.69, 9.17) is 10.5 Å².